The second kappa shape index (κ2) is 6.88. The largest absolute Gasteiger partial charge is 0.465 e. The van der Waals surface area contributed by atoms with Gasteiger partial charge in [-0.3, -0.25) is 4.79 Å². The number of ether oxygens (including phenoxy) is 1. The fourth-order valence-corrected chi connectivity index (χ4v) is 1.67. The number of carbonyl (C=O) groups is 2. The number of aliphatic hydroxyl groups excluding tert-OH is 2. The summed E-state index contributed by atoms with van der Waals surface area (Å²) in [6.07, 6.45) is -2.50. The van der Waals surface area contributed by atoms with E-state index in [9.17, 15) is 19.8 Å². The van der Waals surface area contributed by atoms with Gasteiger partial charge in [0.25, 0.3) is 0 Å². The molecule has 0 saturated carbocycles. The number of nitrogens with one attached hydrogen (secondary N) is 1. The minimum atomic E-state index is -1.28. The minimum absolute atomic E-state index is 0.112. The van der Waals surface area contributed by atoms with Gasteiger partial charge in [-0.05, 0) is 23.8 Å². The molecule has 20 heavy (non-hydrogen) atoms. The maximum atomic E-state index is 11.4. The van der Waals surface area contributed by atoms with Crippen molar-refractivity contribution in [3.63, 3.8) is 0 Å². The van der Waals surface area contributed by atoms with Crippen LogP contribution >= 0.6 is 0 Å². The Labute approximate surface area is 116 Å². The van der Waals surface area contributed by atoms with E-state index in [4.69, 9.17) is 5.73 Å². The SMILES string of the molecule is COC(=O)c1cc(N)cc(C(O)C(O)CNC(C)=O)c1. The number of esters is 1. The number of nitrogen functional groups attached to an aromatic ring is 1. The first-order valence-corrected chi connectivity index (χ1v) is 5.94. The van der Waals surface area contributed by atoms with Gasteiger partial charge in [0.15, 0.2) is 0 Å². The van der Waals surface area contributed by atoms with E-state index in [-0.39, 0.29) is 29.3 Å². The van der Waals surface area contributed by atoms with E-state index in [1.165, 1.54) is 32.2 Å². The summed E-state index contributed by atoms with van der Waals surface area (Å²) < 4.78 is 4.57. The van der Waals surface area contributed by atoms with E-state index in [1.807, 2.05) is 0 Å². The van der Waals surface area contributed by atoms with Crippen LogP contribution in [-0.4, -0.2) is 41.8 Å². The monoisotopic (exact) mass is 282 g/mol. The molecule has 1 amide bonds. The molecule has 0 aliphatic heterocycles. The lowest BCUT2D eigenvalue weighted by molar-refractivity contribution is -0.119. The van der Waals surface area contributed by atoms with Gasteiger partial charge < -0.3 is 26.0 Å². The molecule has 0 aliphatic carbocycles. The molecule has 0 radical (unpaired) electrons. The lowest BCUT2D eigenvalue weighted by Crippen LogP contribution is -2.34. The molecule has 1 aromatic rings. The van der Waals surface area contributed by atoms with Gasteiger partial charge in [0.1, 0.15) is 12.2 Å². The molecule has 2 unspecified atom stereocenters. The summed E-state index contributed by atoms with van der Waals surface area (Å²) in [4.78, 5) is 22.2. The highest BCUT2D eigenvalue weighted by Crippen LogP contribution is 2.22. The van der Waals surface area contributed by atoms with Gasteiger partial charge in [0.2, 0.25) is 5.91 Å². The maximum Gasteiger partial charge on any atom is 0.337 e. The van der Waals surface area contributed by atoms with Gasteiger partial charge in [-0.15, -0.1) is 0 Å². The van der Waals surface area contributed by atoms with E-state index in [0.29, 0.717) is 0 Å². The smallest absolute Gasteiger partial charge is 0.337 e. The van der Waals surface area contributed by atoms with Crippen molar-refractivity contribution in [3.8, 4) is 0 Å². The van der Waals surface area contributed by atoms with Crippen LogP contribution in [0, 0.1) is 0 Å². The van der Waals surface area contributed by atoms with Crippen LogP contribution in [0.1, 0.15) is 28.9 Å². The van der Waals surface area contributed by atoms with Crippen LogP contribution in [0.4, 0.5) is 5.69 Å². The van der Waals surface area contributed by atoms with Gasteiger partial charge in [0, 0.05) is 19.2 Å². The molecule has 1 aromatic carbocycles. The average molecular weight is 282 g/mol. The number of methoxy groups -OCH3 is 1. The average Bonchev–Trinajstić information content (AvgIpc) is 2.42. The Morgan fingerprint density at radius 2 is 2.00 bits per heavy atom. The second-order valence-corrected chi connectivity index (χ2v) is 4.33. The Balaban J connectivity index is 2.91. The fourth-order valence-electron chi connectivity index (χ4n) is 1.67. The molecule has 2 atom stereocenters. The highest BCUT2D eigenvalue weighted by molar-refractivity contribution is 5.90. The third-order valence-electron chi connectivity index (χ3n) is 2.66. The van der Waals surface area contributed by atoms with Gasteiger partial charge in [0.05, 0.1) is 12.7 Å². The number of benzene rings is 1. The van der Waals surface area contributed by atoms with Crippen molar-refractivity contribution in [2.75, 3.05) is 19.4 Å². The number of hydrogen-bond acceptors (Lipinski definition) is 6. The molecular formula is C13H18N2O5. The quantitative estimate of drug-likeness (QED) is 0.430. The number of aliphatic hydroxyl groups is 2. The lowest BCUT2D eigenvalue weighted by Gasteiger charge is -2.19. The third-order valence-corrected chi connectivity index (χ3v) is 2.66. The molecule has 5 N–H and O–H groups in total. The summed E-state index contributed by atoms with van der Waals surface area (Å²) in [6, 6.07) is 4.22. The Morgan fingerprint density at radius 3 is 2.55 bits per heavy atom. The number of amides is 1. The number of rotatable bonds is 5. The Hall–Kier alpha value is -2.12. The van der Waals surface area contributed by atoms with E-state index in [0.717, 1.165) is 0 Å². The molecule has 0 bridgehead atoms. The molecule has 0 fully saturated rings. The summed E-state index contributed by atoms with van der Waals surface area (Å²) in [6.45, 7) is 1.19. The molecule has 0 heterocycles. The van der Waals surface area contributed by atoms with E-state index in [2.05, 4.69) is 10.1 Å². The molecule has 1 rings (SSSR count). The van der Waals surface area contributed by atoms with Crippen molar-refractivity contribution < 1.29 is 24.5 Å². The topological polar surface area (TPSA) is 122 Å². The number of nitrogens with two attached hydrogens (primary N) is 1. The zero-order valence-electron chi connectivity index (χ0n) is 11.3. The van der Waals surface area contributed by atoms with Crippen LogP contribution in [0.5, 0.6) is 0 Å². The number of carbonyl (C=O) groups excluding carboxylic acids is 2. The fraction of sp³-hybridized carbons (Fsp3) is 0.385. The summed E-state index contributed by atoms with van der Waals surface area (Å²) in [5.74, 6) is -0.916. The molecule has 7 heteroatoms. The minimum Gasteiger partial charge on any atom is -0.465 e. The first-order valence-electron chi connectivity index (χ1n) is 5.94. The highest BCUT2D eigenvalue weighted by atomic mass is 16.5. The van der Waals surface area contributed by atoms with Crippen LogP contribution in [-0.2, 0) is 9.53 Å². The predicted octanol–water partition coefficient (Wildman–Crippen LogP) is -0.414. The first kappa shape index (κ1) is 15.9. The highest BCUT2D eigenvalue weighted by Gasteiger charge is 2.20. The van der Waals surface area contributed by atoms with Crippen molar-refractivity contribution in [2.24, 2.45) is 0 Å². The maximum absolute atomic E-state index is 11.4. The Bertz CT molecular complexity index is 504. The van der Waals surface area contributed by atoms with Crippen LogP contribution in [0.15, 0.2) is 18.2 Å². The molecule has 0 saturated heterocycles. The van der Waals surface area contributed by atoms with E-state index in [1.54, 1.807) is 0 Å². The zero-order valence-corrected chi connectivity index (χ0v) is 11.3. The first-order chi connectivity index (χ1) is 9.35. The molecule has 7 nitrogen and oxygen atoms in total. The number of anilines is 1. The van der Waals surface area contributed by atoms with Crippen molar-refractivity contribution in [1.29, 1.82) is 0 Å². The van der Waals surface area contributed by atoms with Crippen LogP contribution in [0.2, 0.25) is 0 Å². The summed E-state index contributed by atoms with van der Waals surface area (Å²) in [7, 11) is 1.23. The molecular weight excluding hydrogens is 264 g/mol. The molecule has 0 aromatic heterocycles. The summed E-state index contributed by atoms with van der Waals surface area (Å²) >= 11 is 0. The molecule has 110 valence electrons. The normalized spacial score (nSPS) is 13.4. The summed E-state index contributed by atoms with van der Waals surface area (Å²) in [5.41, 5.74) is 6.34. The van der Waals surface area contributed by atoms with Crippen LogP contribution < -0.4 is 11.1 Å². The Kier molecular flexibility index (Phi) is 5.48. The van der Waals surface area contributed by atoms with Crippen molar-refractivity contribution in [2.45, 2.75) is 19.1 Å². The van der Waals surface area contributed by atoms with Crippen molar-refractivity contribution >= 4 is 17.6 Å². The van der Waals surface area contributed by atoms with E-state index < -0.39 is 18.2 Å². The van der Waals surface area contributed by atoms with Gasteiger partial charge in [-0.2, -0.15) is 0 Å². The predicted molar refractivity (Wildman–Crippen MR) is 71.8 cm³/mol. The Morgan fingerprint density at radius 1 is 1.35 bits per heavy atom. The van der Waals surface area contributed by atoms with Crippen molar-refractivity contribution in [1.82, 2.24) is 5.32 Å². The second-order valence-electron chi connectivity index (χ2n) is 4.33. The van der Waals surface area contributed by atoms with Crippen LogP contribution in [0.3, 0.4) is 0 Å². The lowest BCUT2D eigenvalue weighted by atomic mass is 10.0. The summed E-state index contributed by atoms with van der Waals surface area (Å²) in [5, 5.41) is 22.2. The van der Waals surface area contributed by atoms with Gasteiger partial charge in [-0.1, -0.05) is 0 Å². The van der Waals surface area contributed by atoms with Gasteiger partial charge in [-0.25, -0.2) is 4.79 Å². The molecule has 0 aliphatic rings. The van der Waals surface area contributed by atoms with E-state index >= 15 is 0 Å². The van der Waals surface area contributed by atoms with Crippen LogP contribution in [0.25, 0.3) is 0 Å². The zero-order chi connectivity index (χ0) is 15.3. The standard InChI is InChI=1S/C13H18N2O5/c1-7(16)15-6-11(17)12(18)8-3-9(13(19)20-2)5-10(14)4-8/h3-5,11-12,17-18H,6,14H2,1-2H3,(H,15,16). The van der Waals surface area contributed by atoms with Crippen molar-refractivity contribution in [3.05, 3.63) is 29.3 Å². The third kappa shape index (κ3) is 4.22. The number of hydrogen-bond donors (Lipinski definition) is 4. The van der Waals surface area contributed by atoms with Gasteiger partial charge >= 0.3 is 5.97 Å². The molecule has 0 spiro atoms.